The minimum Gasteiger partial charge on any atom is -0.508 e. The molecule has 1 aromatic carbocycles. The van der Waals surface area contributed by atoms with Gasteiger partial charge in [-0.25, -0.2) is 0 Å². The molecule has 1 heterocycles. The molecule has 2 rings (SSSR count). The van der Waals surface area contributed by atoms with E-state index in [1.807, 2.05) is 0 Å². The third-order valence-corrected chi connectivity index (χ3v) is 2.85. The van der Waals surface area contributed by atoms with Crippen molar-refractivity contribution in [3.8, 4) is 11.5 Å². The lowest BCUT2D eigenvalue weighted by Crippen LogP contribution is -2.39. The molecule has 1 aliphatic heterocycles. The van der Waals surface area contributed by atoms with Gasteiger partial charge in [-0.1, -0.05) is 6.07 Å². The lowest BCUT2D eigenvalue weighted by Gasteiger charge is -2.21. The highest BCUT2D eigenvalue weighted by atomic mass is 16.5. The van der Waals surface area contributed by atoms with Crippen molar-refractivity contribution < 1.29 is 19.4 Å². The molecule has 17 heavy (non-hydrogen) atoms. The van der Waals surface area contributed by atoms with E-state index in [1.165, 1.54) is 13.2 Å². The van der Waals surface area contributed by atoms with E-state index >= 15 is 0 Å². The summed E-state index contributed by atoms with van der Waals surface area (Å²) in [5.41, 5.74) is 0.524. The molecule has 1 atom stereocenters. The van der Waals surface area contributed by atoms with Crippen LogP contribution in [0.4, 0.5) is 0 Å². The molecule has 1 aliphatic rings. The quantitative estimate of drug-likeness (QED) is 0.747. The highest BCUT2D eigenvalue weighted by Crippen LogP contribution is 2.33. The molecule has 1 saturated heterocycles. The van der Waals surface area contributed by atoms with Gasteiger partial charge in [-0.15, -0.1) is 0 Å². The second-order valence-corrected chi connectivity index (χ2v) is 3.93. The van der Waals surface area contributed by atoms with Crippen LogP contribution in [0.5, 0.6) is 11.5 Å². The van der Waals surface area contributed by atoms with E-state index in [0.717, 1.165) is 0 Å². The number of imide groups is 1. The van der Waals surface area contributed by atoms with Crippen molar-refractivity contribution in [1.29, 1.82) is 0 Å². The molecule has 0 radical (unpaired) electrons. The first kappa shape index (κ1) is 11.4. The summed E-state index contributed by atoms with van der Waals surface area (Å²) in [6.45, 7) is 0. The normalized spacial score (nSPS) is 19.9. The van der Waals surface area contributed by atoms with Gasteiger partial charge in [0.25, 0.3) is 0 Å². The Morgan fingerprint density at radius 1 is 1.41 bits per heavy atom. The van der Waals surface area contributed by atoms with Crippen molar-refractivity contribution in [3.05, 3.63) is 23.8 Å². The fraction of sp³-hybridized carbons (Fsp3) is 0.333. The Bertz CT molecular complexity index is 470. The molecule has 1 fully saturated rings. The van der Waals surface area contributed by atoms with Crippen LogP contribution >= 0.6 is 0 Å². The van der Waals surface area contributed by atoms with Gasteiger partial charge in [-0.2, -0.15) is 0 Å². The molecule has 0 spiro atoms. The molecule has 0 bridgehead atoms. The zero-order chi connectivity index (χ0) is 12.4. The number of methoxy groups -OCH3 is 1. The number of hydrogen-bond acceptors (Lipinski definition) is 4. The molecule has 5 nitrogen and oxygen atoms in total. The minimum absolute atomic E-state index is 0.0128. The van der Waals surface area contributed by atoms with E-state index in [9.17, 15) is 14.7 Å². The van der Waals surface area contributed by atoms with Crippen LogP contribution in [0, 0.1) is 0 Å². The largest absolute Gasteiger partial charge is 0.508 e. The molecule has 0 saturated carbocycles. The predicted octanol–water partition coefficient (Wildman–Crippen LogP) is 0.921. The number of carbonyl (C=O) groups is 2. The molecular formula is C12H13NO4. The lowest BCUT2D eigenvalue weighted by atomic mass is 9.90. The van der Waals surface area contributed by atoms with E-state index in [4.69, 9.17) is 4.74 Å². The molecule has 90 valence electrons. The van der Waals surface area contributed by atoms with Crippen LogP contribution in [0.15, 0.2) is 18.2 Å². The van der Waals surface area contributed by atoms with Crippen molar-refractivity contribution in [1.82, 2.24) is 5.32 Å². The number of hydrogen-bond donors (Lipinski definition) is 2. The maximum absolute atomic E-state index is 11.6. The third kappa shape index (κ3) is 2.22. The summed E-state index contributed by atoms with van der Waals surface area (Å²) in [6.07, 6.45) is 0.715. The number of rotatable bonds is 2. The number of phenols is 1. The van der Waals surface area contributed by atoms with Gasteiger partial charge in [0, 0.05) is 18.1 Å². The Morgan fingerprint density at radius 2 is 2.18 bits per heavy atom. The van der Waals surface area contributed by atoms with Crippen molar-refractivity contribution in [3.63, 3.8) is 0 Å². The number of nitrogens with one attached hydrogen (secondary N) is 1. The number of ether oxygens (including phenoxy) is 1. The predicted molar refractivity (Wildman–Crippen MR) is 59.8 cm³/mol. The Balaban J connectivity index is 2.28. The van der Waals surface area contributed by atoms with Crippen LogP contribution < -0.4 is 10.1 Å². The van der Waals surface area contributed by atoms with Gasteiger partial charge in [-0.3, -0.25) is 14.9 Å². The number of amides is 2. The first-order valence-corrected chi connectivity index (χ1v) is 5.32. The number of phenolic OH excluding ortho intramolecular Hbond substituents is 1. The molecule has 1 aromatic rings. The van der Waals surface area contributed by atoms with Crippen LogP contribution in [-0.4, -0.2) is 24.0 Å². The molecule has 0 aromatic heterocycles. The van der Waals surface area contributed by atoms with Crippen LogP contribution in [-0.2, 0) is 9.59 Å². The average Bonchev–Trinajstić information content (AvgIpc) is 2.30. The number of carbonyl (C=O) groups excluding carboxylic acids is 2. The summed E-state index contributed by atoms with van der Waals surface area (Å²) in [7, 11) is 1.50. The summed E-state index contributed by atoms with van der Waals surface area (Å²) in [5, 5.41) is 12.1. The standard InChI is InChI=1S/C12H13NO4/c1-17-7-2-3-8(10(14)6-7)9-4-5-11(15)13-12(9)16/h2-3,6,9,14H,4-5H2,1H3,(H,13,15,16). The van der Waals surface area contributed by atoms with Crippen LogP contribution in [0.3, 0.4) is 0 Å². The average molecular weight is 235 g/mol. The summed E-state index contributed by atoms with van der Waals surface area (Å²) in [5.74, 6) is -0.558. The summed E-state index contributed by atoms with van der Waals surface area (Å²) in [6, 6.07) is 4.78. The van der Waals surface area contributed by atoms with E-state index < -0.39 is 5.92 Å². The number of aromatic hydroxyl groups is 1. The van der Waals surface area contributed by atoms with Crippen LogP contribution in [0.2, 0.25) is 0 Å². The first-order chi connectivity index (χ1) is 8.11. The summed E-state index contributed by atoms with van der Waals surface area (Å²) < 4.78 is 4.97. The molecule has 1 unspecified atom stereocenters. The fourth-order valence-corrected chi connectivity index (χ4v) is 1.94. The van der Waals surface area contributed by atoms with E-state index in [2.05, 4.69) is 5.32 Å². The molecular weight excluding hydrogens is 222 g/mol. The van der Waals surface area contributed by atoms with Crippen molar-refractivity contribution in [2.45, 2.75) is 18.8 Å². The van der Waals surface area contributed by atoms with E-state index in [1.54, 1.807) is 12.1 Å². The molecule has 2 N–H and O–H groups in total. The maximum atomic E-state index is 11.6. The van der Waals surface area contributed by atoms with Gasteiger partial charge in [0.05, 0.1) is 13.0 Å². The monoisotopic (exact) mass is 235 g/mol. The Labute approximate surface area is 98.4 Å². The number of piperidine rings is 1. The van der Waals surface area contributed by atoms with Gasteiger partial charge in [-0.05, 0) is 12.5 Å². The molecule has 0 aliphatic carbocycles. The van der Waals surface area contributed by atoms with Gasteiger partial charge < -0.3 is 9.84 Å². The van der Waals surface area contributed by atoms with Gasteiger partial charge >= 0.3 is 0 Å². The highest BCUT2D eigenvalue weighted by molar-refractivity contribution is 6.01. The van der Waals surface area contributed by atoms with Gasteiger partial charge in [0.2, 0.25) is 11.8 Å². The lowest BCUT2D eigenvalue weighted by molar-refractivity contribution is -0.134. The fourth-order valence-electron chi connectivity index (χ4n) is 1.94. The molecule has 5 heteroatoms. The first-order valence-electron chi connectivity index (χ1n) is 5.32. The highest BCUT2D eigenvalue weighted by Gasteiger charge is 2.29. The van der Waals surface area contributed by atoms with Gasteiger partial charge in [0.15, 0.2) is 0 Å². The van der Waals surface area contributed by atoms with E-state index in [-0.39, 0.29) is 17.6 Å². The Kier molecular flexibility index (Phi) is 2.99. The van der Waals surface area contributed by atoms with Gasteiger partial charge in [0.1, 0.15) is 11.5 Å². The topological polar surface area (TPSA) is 75.6 Å². The van der Waals surface area contributed by atoms with Crippen molar-refractivity contribution >= 4 is 11.8 Å². The van der Waals surface area contributed by atoms with Crippen molar-refractivity contribution in [2.24, 2.45) is 0 Å². The van der Waals surface area contributed by atoms with Crippen LogP contribution in [0.25, 0.3) is 0 Å². The van der Waals surface area contributed by atoms with Crippen LogP contribution in [0.1, 0.15) is 24.3 Å². The second-order valence-electron chi connectivity index (χ2n) is 3.93. The minimum atomic E-state index is -0.474. The SMILES string of the molecule is COc1ccc(C2CCC(=O)NC2=O)c(O)c1. The smallest absolute Gasteiger partial charge is 0.234 e. The Morgan fingerprint density at radius 3 is 2.76 bits per heavy atom. The Hall–Kier alpha value is -2.04. The third-order valence-electron chi connectivity index (χ3n) is 2.85. The molecule has 2 amide bonds. The van der Waals surface area contributed by atoms with E-state index in [0.29, 0.717) is 24.2 Å². The summed E-state index contributed by atoms with van der Waals surface area (Å²) >= 11 is 0. The second kappa shape index (κ2) is 4.45. The number of benzene rings is 1. The summed E-state index contributed by atoms with van der Waals surface area (Å²) in [4.78, 5) is 22.7. The zero-order valence-electron chi connectivity index (χ0n) is 9.40. The zero-order valence-corrected chi connectivity index (χ0v) is 9.40. The maximum Gasteiger partial charge on any atom is 0.234 e. The van der Waals surface area contributed by atoms with Crippen molar-refractivity contribution in [2.75, 3.05) is 7.11 Å².